The molecule has 1 aromatic heterocycles. The highest BCUT2D eigenvalue weighted by Crippen LogP contribution is 2.43. The van der Waals surface area contributed by atoms with Crippen molar-refractivity contribution in [1.82, 2.24) is 15.2 Å². The van der Waals surface area contributed by atoms with Crippen molar-refractivity contribution in [2.24, 2.45) is 4.99 Å². The Morgan fingerprint density at radius 2 is 2.06 bits per heavy atom. The summed E-state index contributed by atoms with van der Waals surface area (Å²) < 4.78 is 64.4. The summed E-state index contributed by atoms with van der Waals surface area (Å²) in [6, 6.07) is 6.52. The molecule has 2 aromatic rings. The van der Waals surface area contributed by atoms with Gasteiger partial charge in [-0.2, -0.15) is 13.2 Å². The number of alkyl halides is 4. The number of rotatable bonds is 11. The Kier molecular flexibility index (Phi) is 9.56. The number of nitrogens with zero attached hydrogens (tertiary/aromatic N) is 2. The van der Waals surface area contributed by atoms with E-state index in [1.807, 2.05) is 24.3 Å². The second-order valence-electron chi connectivity index (χ2n) is 8.75. The van der Waals surface area contributed by atoms with E-state index in [1.165, 1.54) is 18.1 Å². The summed E-state index contributed by atoms with van der Waals surface area (Å²) in [6.45, 7) is 5.81. The van der Waals surface area contributed by atoms with Crippen LogP contribution in [0.3, 0.4) is 0 Å². The van der Waals surface area contributed by atoms with Crippen LogP contribution in [0.2, 0.25) is 0 Å². The molecule has 0 amide bonds. The molecule has 3 rings (SSSR count). The lowest BCUT2D eigenvalue weighted by molar-refractivity contribution is -0.155. The number of benzene rings is 1. The van der Waals surface area contributed by atoms with Gasteiger partial charge in [0.1, 0.15) is 12.4 Å². The van der Waals surface area contributed by atoms with Crippen LogP contribution in [0.15, 0.2) is 53.2 Å². The van der Waals surface area contributed by atoms with E-state index in [4.69, 9.17) is 9.47 Å². The molecule has 2 atom stereocenters. The van der Waals surface area contributed by atoms with E-state index < -0.39 is 18.8 Å². The molecule has 0 spiro atoms. The molecule has 0 unspecified atom stereocenters. The molecular weight excluding hydrogens is 476 g/mol. The molecular formula is C26H34F4N4O2. The van der Waals surface area contributed by atoms with E-state index in [0.717, 1.165) is 16.5 Å². The number of aromatic amines is 1. The van der Waals surface area contributed by atoms with Gasteiger partial charge in [-0.3, -0.25) is 14.3 Å². The molecule has 1 aromatic carbocycles. The van der Waals surface area contributed by atoms with Crippen LogP contribution in [0.4, 0.5) is 17.6 Å². The van der Waals surface area contributed by atoms with E-state index >= 15 is 0 Å². The summed E-state index contributed by atoms with van der Waals surface area (Å²) in [5.41, 5.74) is 2.90. The molecule has 2 N–H and O–H groups in total. The van der Waals surface area contributed by atoms with Crippen LogP contribution in [0.5, 0.6) is 0 Å². The summed E-state index contributed by atoms with van der Waals surface area (Å²) in [5, 5.41) is 4.05. The average Bonchev–Trinajstić information content (AvgIpc) is 3.20. The van der Waals surface area contributed by atoms with Crippen molar-refractivity contribution in [1.29, 1.82) is 0 Å². The first-order valence-corrected chi connectivity index (χ1v) is 11.9. The smallest absolute Gasteiger partial charge is 0.401 e. The van der Waals surface area contributed by atoms with E-state index in [-0.39, 0.29) is 31.0 Å². The number of fused-ring (bicyclic) bond motifs is 3. The highest BCUT2D eigenvalue weighted by molar-refractivity contribution is 5.89. The first kappa shape index (κ1) is 27.7. The molecule has 36 heavy (non-hydrogen) atoms. The van der Waals surface area contributed by atoms with Crippen LogP contribution in [0.25, 0.3) is 10.9 Å². The normalized spacial score (nSPS) is 19.4. The zero-order chi connectivity index (χ0) is 26.3. The van der Waals surface area contributed by atoms with Crippen molar-refractivity contribution >= 4 is 16.8 Å². The van der Waals surface area contributed by atoms with Crippen LogP contribution in [0, 0.1) is 0 Å². The van der Waals surface area contributed by atoms with Crippen LogP contribution >= 0.6 is 0 Å². The summed E-state index contributed by atoms with van der Waals surface area (Å²) in [6.07, 6.45) is -1.95. The van der Waals surface area contributed by atoms with Crippen molar-refractivity contribution in [3.63, 3.8) is 0 Å². The van der Waals surface area contributed by atoms with Crippen molar-refractivity contribution in [2.45, 2.75) is 38.0 Å². The van der Waals surface area contributed by atoms with E-state index in [9.17, 15) is 17.6 Å². The fourth-order valence-corrected chi connectivity index (χ4v) is 4.58. The number of halogens is 4. The number of hydrogen-bond acceptors (Lipinski definition) is 5. The van der Waals surface area contributed by atoms with Crippen LogP contribution in [-0.4, -0.2) is 75.1 Å². The Morgan fingerprint density at radius 1 is 1.31 bits per heavy atom. The number of aliphatic imine (C=N–C) groups is 1. The first-order valence-electron chi connectivity index (χ1n) is 11.9. The van der Waals surface area contributed by atoms with Gasteiger partial charge in [-0.1, -0.05) is 24.8 Å². The zero-order valence-electron chi connectivity index (χ0n) is 20.9. The summed E-state index contributed by atoms with van der Waals surface area (Å²) in [5.74, 6) is 0.528. The average molecular weight is 511 g/mol. The van der Waals surface area contributed by atoms with Gasteiger partial charge in [0.15, 0.2) is 0 Å². The van der Waals surface area contributed by atoms with Gasteiger partial charge in [0.25, 0.3) is 0 Å². The molecule has 1 aliphatic heterocycles. The third-order valence-corrected chi connectivity index (χ3v) is 6.24. The Hall–Kier alpha value is -2.85. The van der Waals surface area contributed by atoms with Crippen molar-refractivity contribution in [3.8, 4) is 0 Å². The standard InChI is InChI=1S/C26H34F4N4O2/c1-17-14-20-19-8-5-6-9-21(19)33-24(20)25(34(17)16-26(28,29)30)18(2)22(35-4)15-23(31-3)36-13-12-32-11-7-10-27/h5-6,8-9,15,17,25,32-33H,2,7,10-14,16H2,1,3-4H3/b22-15+,31-23?/t17-,25-/m1/s1. The van der Waals surface area contributed by atoms with E-state index in [0.29, 0.717) is 37.2 Å². The lowest BCUT2D eigenvalue weighted by atomic mass is 9.88. The fourth-order valence-electron chi connectivity index (χ4n) is 4.58. The molecule has 1 aliphatic rings. The first-order chi connectivity index (χ1) is 17.2. The fraction of sp³-hybridized carbons (Fsp3) is 0.500. The number of hydrogen-bond donors (Lipinski definition) is 2. The molecule has 198 valence electrons. The highest BCUT2D eigenvalue weighted by atomic mass is 19.4. The maximum atomic E-state index is 13.6. The maximum Gasteiger partial charge on any atom is 0.401 e. The van der Waals surface area contributed by atoms with Gasteiger partial charge < -0.3 is 19.8 Å². The van der Waals surface area contributed by atoms with E-state index in [1.54, 1.807) is 14.0 Å². The minimum absolute atomic E-state index is 0.253. The third-order valence-electron chi connectivity index (χ3n) is 6.24. The quantitative estimate of drug-likeness (QED) is 0.110. The number of para-hydroxylation sites is 1. The van der Waals surface area contributed by atoms with Gasteiger partial charge in [-0.25, -0.2) is 0 Å². The van der Waals surface area contributed by atoms with Gasteiger partial charge in [-0.15, -0.1) is 0 Å². The van der Waals surface area contributed by atoms with Crippen molar-refractivity contribution < 1.29 is 27.0 Å². The molecule has 0 bridgehead atoms. The molecule has 0 saturated carbocycles. The number of nitrogens with one attached hydrogen (secondary N) is 2. The van der Waals surface area contributed by atoms with Gasteiger partial charge in [0.2, 0.25) is 5.90 Å². The van der Waals surface area contributed by atoms with Crippen LogP contribution < -0.4 is 5.32 Å². The Balaban J connectivity index is 1.92. The van der Waals surface area contributed by atoms with Gasteiger partial charge in [0, 0.05) is 47.9 Å². The monoisotopic (exact) mass is 510 g/mol. The SMILES string of the molecule is C=C(/C(=C\C(=NC)OCCNCCCF)OC)[C@@H]1c2[nH]c3ccccc3c2C[C@@H](C)N1CC(F)(F)F. The molecule has 0 aliphatic carbocycles. The highest BCUT2D eigenvalue weighted by Gasteiger charge is 2.43. The third kappa shape index (κ3) is 6.67. The summed E-state index contributed by atoms with van der Waals surface area (Å²) >= 11 is 0. The van der Waals surface area contributed by atoms with Crippen LogP contribution in [-0.2, 0) is 15.9 Å². The van der Waals surface area contributed by atoms with Crippen LogP contribution in [0.1, 0.15) is 30.6 Å². The molecule has 2 heterocycles. The maximum absolute atomic E-state index is 13.6. The number of H-pyrrole nitrogens is 1. The Bertz CT molecular complexity index is 1090. The Labute approximate surface area is 209 Å². The summed E-state index contributed by atoms with van der Waals surface area (Å²) in [7, 11) is 2.99. The Morgan fingerprint density at radius 3 is 2.72 bits per heavy atom. The van der Waals surface area contributed by atoms with Crippen molar-refractivity contribution in [2.75, 3.05) is 47.1 Å². The molecule has 0 radical (unpaired) electrons. The molecule has 0 fully saturated rings. The second kappa shape index (κ2) is 12.4. The number of aromatic nitrogens is 1. The number of ether oxygens (including phenoxy) is 2. The van der Waals surface area contributed by atoms with Gasteiger partial charge >= 0.3 is 6.18 Å². The lowest BCUT2D eigenvalue weighted by Crippen LogP contribution is -2.47. The van der Waals surface area contributed by atoms with Crippen molar-refractivity contribution in [3.05, 3.63) is 59.5 Å². The molecule has 6 nitrogen and oxygen atoms in total. The second-order valence-corrected chi connectivity index (χ2v) is 8.75. The van der Waals surface area contributed by atoms with E-state index in [2.05, 4.69) is 21.9 Å². The molecule has 0 saturated heterocycles. The largest absolute Gasteiger partial charge is 0.496 e. The van der Waals surface area contributed by atoms with Gasteiger partial charge in [0.05, 0.1) is 26.4 Å². The minimum Gasteiger partial charge on any atom is -0.496 e. The summed E-state index contributed by atoms with van der Waals surface area (Å²) in [4.78, 5) is 8.86. The predicted molar refractivity (Wildman–Crippen MR) is 134 cm³/mol. The minimum atomic E-state index is -4.39. The predicted octanol–water partition coefficient (Wildman–Crippen LogP) is 5.10. The van der Waals surface area contributed by atoms with Gasteiger partial charge in [-0.05, 0) is 37.9 Å². The molecule has 10 heteroatoms. The lowest BCUT2D eigenvalue weighted by Gasteiger charge is -2.42. The number of methoxy groups -OCH3 is 1. The topological polar surface area (TPSA) is 61.9 Å². The zero-order valence-corrected chi connectivity index (χ0v) is 20.9.